The standard InChI is InChI=1S/C22H22N4O3S/c27-22(21-17-23-18-26(21)20-9-5-2-6-10-20)24-12-14-25(15-13-24)30(28,29)16-11-19-7-3-1-4-8-19/h1-11,16-18H,12-15H2/b16-11+. The Morgan fingerprint density at radius 1 is 0.900 bits per heavy atom. The fourth-order valence-corrected chi connectivity index (χ4v) is 4.54. The SMILES string of the molecule is O=C(c1cncn1-c1ccccc1)N1CCN(S(=O)(=O)/C=C/c2ccccc2)CC1. The van der Waals surface area contributed by atoms with Gasteiger partial charge in [-0.3, -0.25) is 9.36 Å². The highest BCUT2D eigenvalue weighted by atomic mass is 32.2. The van der Waals surface area contributed by atoms with Crippen molar-refractivity contribution in [2.75, 3.05) is 26.2 Å². The topological polar surface area (TPSA) is 75.5 Å². The van der Waals surface area contributed by atoms with E-state index in [1.807, 2.05) is 60.7 Å². The van der Waals surface area contributed by atoms with Gasteiger partial charge in [0.05, 0.1) is 12.5 Å². The van der Waals surface area contributed by atoms with Crippen LogP contribution in [0.25, 0.3) is 11.8 Å². The maximum Gasteiger partial charge on any atom is 0.272 e. The second kappa shape index (κ2) is 8.64. The average Bonchev–Trinajstić information content (AvgIpc) is 3.29. The van der Waals surface area contributed by atoms with E-state index >= 15 is 0 Å². The predicted octanol–water partition coefficient (Wildman–Crippen LogP) is 2.63. The highest BCUT2D eigenvalue weighted by Crippen LogP contribution is 2.16. The monoisotopic (exact) mass is 422 g/mol. The van der Waals surface area contributed by atoms with E-state index in [1.54, 1.807) is 28.1 Å². The number of piperazine rings is 1. The molecule has 1 amide bonds. The van der Waals surface area contributed by atoms with Gasteiger partial charge in [-0.25, -0.2) is 13.4 Å². The zero-order valence-corrected chi connectivity index (χ0v) is 17.1. The molecule has 1 saturated heterocycles. The quantitative estimate of drug-likeness (QED) is 0.634. The largest absolute Gasteiger partial charge is 0.335 e. The van der Waals surface area contributed by atoms with E-state index in [2.05, 4.69) is 4.98 Å². The molecular formula is C22H22N4O3S. The maximum atomic E-state index is 13.0. The Kier molecular flexibility index (Phi) is 5.78. The van der Waals surface area contributed by atoms with E-state index in [4.69, 9.17) is 0 Å². The molecule has 1 fully saturated rings. The van der Waals surface area contributed by atoms with Crippen molar-refractivity contribution in [3.8, 4) is 5.69 Å². The van der Waals surface area contributed by atoms with E-state index in [0.29, 0.717) is 18.8 Å². The fraction of sp³-hybridized carbons (Fsp3) is 0.182. The van der Waals surface area contributed by atoms with Crippen molar-refractivity contribution in [2.24, 2.45) is 0 Å². The number of carbonyl (C=O) groups is 1. The number of carbonyl (C=O) groups excluding carboxylic acids is 1. The van der Waals surface area contributed by atoms with Crippen molar-refractivity contribution in [1.82, 2.24) is 18.8 Å². The molecular weight excluding hydrogens is 400 g/mol. The molecule has 0 bridgehead atoms. The number of aromatic nitrogens is 2. The highest BCUT2D eigenvalue weighted by Gasteiger charge is 2.29. The fourth-order valence-electron chi connectivity index (χ4n) is 3.37. The van der Waals surface area contributed by atoms with E-state index in [0.717, 1.165) is 11.3 Å². The van der Waals surface area contributed by atoms with E-state index in [1.165, 1.54) is 9.71 Å². The molecule has 0 radical (unpaired) electrons. The molecule has 2 aromatic carbocycles. The molecule has 8 heteroatoms. The maximum absolute atomic E-state index is 13.0. The predicted molar refractivity (Wildman–Crippen MR) is 115 cm³/mol. The van der Waals surface area contributed by atoms with Crippen molar-refractivity contribution in [3.05, 3.63) is 89.9 Å². The number of amides is 1. The van der Waals surface area contributed by atoms with Gasteiger partial charge in [-0.15, -0.1) is 0 Å². The van der Waals surface area contributed by atoms with Crippen LogP contribution >= 0.6 is 0 Å². The molecule has 2 heterocycles. The van der Waals surface area contributed by atoms with Crippen LogP contribution in [0.1, 0.15) is 16.1 Å². The third kappa shape index (κ3) is 4.34. The van der Waals surface area contributed by atoms with Crippen LogP contribution in [0.4, 0.5) is 0 Å². The lowest BCUT2D eigenvalue weighted by atomic mass is 10.2. The van der Waals surface area contributed by atoms with E-state index in [9.17, 15) is 13.2 Å². The summed E-state index contributed by atoms with van der Waals surface area (Å²) < 4.78 is 28.4. The number of para-hydroxylation sites is 1. The molecule has 154 valence electrons. The third-order valence-corrected chi connectivity index (χ3v) is 6.57. The average molecular weight is 423 g/mol. The van der Waals surface area contributed by atoms with Crippen molar-refractivity contribution < 1.29 is 13.2 Å². The molecule has 0 saturated carbocycles. The number of imidazole rings is 1. The molecule has 0 N–H and O–H groups in total. The summed E-state index contributed by atoms with van der Waals surface area (Å²) in [5, 5.41) is 1.23. The van der Waals surface area contributed by atoms with Gasteiger partial charge >= 0.3 is 0 Å². The molecule has 3 aromatic rings. The first kappa shape index (κ1) is 20.1. The van der Waals surface area contributed by atoms with Gasteiger partial charge in [0.1, 0.15) is 5.69 Å². The Morgan fingerprint density at radius 3 is 2.20 bits per heavy atom. The summed E-state index contributed by atoms with van der Waals surface area (Å²) >= 11 is 0. The summed E-state index contributed by atoms with van der Waals surface area (Å²) in [6.07, 6.45) is 4.74. The highest BCUT2D eigenvalue weighted by molar-refractivity contribution is 7.92. The van der Waals surface area contributed by atoms with Gasteiger partial charge in [0.25, 0.3) is 5.91 Å². The van der Waals surface area contributed by atoms with Gasteiger partial charge in [-0.2, -0.15) is 4.31 Å². The summed E-state index contributed by atoms with van der Waals surface area (Å²) in [4.78, 5) is 18.8. The molecule has 0 atom stereocenters. The first-order chi connectivity index (χ1) is 14.5. The van der Waals surface area contributed by atoms with Crippen molar-refractivity contribution >= 4 is 22.0 Å². The van der Waals surface area contributed by atoms with Crippen LogP contribution in [0.5, 0.6) is 0 Å². The zero-order chi connectivity index (χ0) is 21.0. The zero-order valence-electron chi connectivity index (χ0n) is 16.3. The number of sulfonamides is 1. The first-order valence-corrected chi connectivity index (χ1v) is 11.2. The summed E-state index contributed by atoms with van der Waals surface area (Å²) in [5.41, 5.74) is 2.14. The Morgan fingerprint density at radius 2 is 1.53 bits per heavy atom. The van der Waals surface area contributed by atoms with Crippen LogP contribution < -0.4 is 0 Å². The molecule has 0 unspecified atom stereocenters. The second-order valence-corrected chi connectivity index (χ2v) is 8.75. The van der Waals surface area contributed by atoms with Crippen molar-refractivity contribution in [1.29, 1.82) is 0 Å². The van der Waals surface area contributed by atoms with Crippen LogP contribution in [0, 0.1) is 0 Å². The Balaban J connectivity index is 1.42. The lowest BCUT2D eigenvalue weighted by Gasteiger charge is -2.33. The minimum absolute atomic E-state index is 0.159. The first-order valence-electron chi connectivity index (χ1n) is 9.65. The van der Waals surface area contributed by atoms with E-state index < -0.39 is 10.0 Å². The third-order valence-electron chi connectivity index (χ3n) is 5.01. The molecule has 4 rings (SSSR count). The minimum Gasteiger partial charge on any atom is -0.335 e. The Bertz CT molecular complexity index is 1130. The molecule has 1 aliphatic heterocycles. The Hall–Kier alpha value is -3.23. The number of rotatable bonds is 5. The van der Waals surface area contributed by atoms with E-state index in [-0.39, 0.29) is 19.0 Å². The summed E-state index contributed by atoms with van der Waals surface area (Å²) in [7, 11) is -3.54. The molecule has 1 aliphatic rings. The molecule has 1 aromatic heterocycles. The minimum atomic E-state index is -3.54. The van der Waals surface area contributed by atoms with Gasteiger partial charge in [-0.05, 0) is 23.8 Å². The van der Waals surface area contributed by atoms with Crippen LogP contribution in [-0.2, 0) is 10.0 Å². The van der Waals surface area contributed by atoms with Crippen LogP contribution in [-0.4, -0.2) is 59.3 Å². The van der Waals surface area contributed by atoms with Gasteiger partial charge in [0, 0.05) is 37.3 Å². The van der Waals surface area contributed by atoms with Gasteiger partial charge in [0.2, 0.25) is 10.0 Å². The number of hydrogen-bond donors (Lipinski definition) is 0. The van der Waals surface area contributed by atoms with Crippen LogP contribution in [0.2, 0.25) is 0 Å². The van der Waals surface area contributed by atoms with Gasteiger partial charge in [-0.1, -0.05) is 48.5 Å². The number of nitrogens with zero attached hydrogens (tertiary/aromatic N) is 4. The Labute approximate surface area is 175 Å². The number of benzene rings is 2. The number of hydrogen-bond acceptors (Lipinski definition) is 4. The molecule has 0 aliphatic carbocycles. The van der Waals surface area contributed by atoms with Crippen LogP contribution in [0.15, 0.2) is 78.6 Å². The lowest BCUT2D eigenvalue weighted by Crippen LogP contribution is -2.50. The van der Waals surface area contributed by atoms with Crippen molar-refractivity contribution in [2.45, 2.75) is 0 Å². The summed E-state index contributed by atoms with van der Waals surface area (Å²) in [6.45, 7) is 1.17. The summed E-state index contributed by atoms with van der Waals surface area (Å²) in [5.74, 6) is -0.159. The summed E-state index contributed by atoms with van der Waals surface area (Å²) in [6, 6.07) is 18.8. The van der Waals surface area contributed by atoms with Gasteiger partial charge < -0.3 is 4.90 Å². The molecule has 0 spiro atoms. The van der Waals surface area contributed by atoms with Gasteiger partial charge in [0.15, 0.2) is 0 Å². The smallest absolute Gasteiger partial charge is 0.272 e. The second-order valence-electron chi connectivity index (χ2n) is 6.93. The molecule has 7 nitrogen and oxygen atoms in total. The van der Waals surface area contributed by atoms with Crippen LogP contribution in [0.3, 0.4) is 0 Å². The lowest BCUT2D eigenvalue weighted by molar-refractivity contribution is 0.0690. The van der Waals surface area contributed by atoms with Crippen molar-refractivity contribution in [3.63, 3.8) is 0 Å². The molecule has 30 heavy (non-hydrogen) atoms. The normalized spacial score (nSPS) is 15.5.